The molecule has 0 heterocycles. The smallest absolute Gasteiger partial charge is 0.207 e. The third kappa shape index (κ3) is 3.41. The first kappa shape index (κ1) is 15.6. The van der Waals surface area contributed by atoms with Crippen LogP contribution < -0.4 is 4.72 Å². The van der Waals surface area contributed by atoms with Crippen LogP contribution in [0.15, 0.2) is 65.6 Å². The maximum Gasteiger partial charge on any atom is 0.240 e. The first-order valence-electron chi connectivity index (χ1n) is 7.19. The first-order valence-corrected chi connectivity index (χ1v) is 8.67. The molecule has 0 saturated heterocycles. The van der Waals surface area contributed by atoms with Crippen molar-refractivity contribution in [1.29, 1.82) is 0 Å². The van der Waals surface area contributed by atoms with E-state index in [1.54, 1.807) is 37.3 Å². The number of nitrogens with one attached hydrogen (secondary N) is 1. The van der Waals surface area contributed by atoms with Crippen molar-refractivity contribution in [2.45, 2.75) is 18.4 Å². The summed E-state index contributed by atoms with van der Waals surface area (Å²) in [6.45, 7) is 1.71. The number of benzene rings is 3. The molecule has 0 bridgehead atoms. The van der Waals surface area contributed by atoms with Gasteiger partial charge in [0.15, 0.2) is 0 Å². The molecule has 0 saturated carbocycles. The molecule has 0 spiro atoms. The number of sulfonamides is 1. The summed E-state index contributed by atoms with van der Waals surface area (Å²) in [5, 5.41) is 1.84. The van der Waals surface area contributed by atoms with Gasteiger partial charge in [0, 0.05) is 6.54 Å². The molecule has 3 nitrogen and oxygen atoms in total. The fourth-order valence-electron chi connectivity index (χ4n) is 2.34. The van der Waals surface area contributed by atoms with Gasteiger partial charge >= 0.3 is 0 Å². The Labute approximate surface area is 134 Å². The third-order valence-electron chi connectivity index (χ3n) is 3.73. The molecule has 0 aliphatic rings. The van der Waals surface area contributed by atoms with E-state index < -0.39 is 10.0 Å². The van der Waals surface area contributed by atoms with E-state index in [0.29, 0.717) is 11.1 Å². The number of fused-ring (bicyclic) bond motifs is 1. The van der Waals surface area contributed by atoms with Crippen LogP contribution in [-0.2, 0) is 16.6 Å². The van der Waals surface area contributed by atoms with Crippen LogP contribution in [0.1, 0.15) is 11.1 Å². The quantitative estimate of drug-likeness (QED) is 0.792. The number of rotatable bonds is 4. The summed E-state index contributed by atoms with van der Waals surface area (Å²) >= 11 is 0. The Morgan fingerprint density at radius 1 is 0.957 bits per heavy atom. The van der Waals surface area contributed by atoms with Crippen molar-refractivity contribution in [2.24, 2.45) is 0 Å². The second-order valence-corrected chi connectivity index (χ2v) is 7.18. The van der Waals surface area contributed by atoms with E-state index in [1.807, 2.05) is 24.3 Å². The van der Waals surface area contributed by atoms with Crippen LogP contribution >= 0.6 is 0 Å². The SMILES string of the molecule is Cc1ccc(CNS(=O)(=O)c2ccc3ccccc3c2)cc1F. The zero-order valence-electron chi connectivity index (χ0n) is 12.6. The van der Waals surface area contributed by atoms with Crippen molar-refractivity contribution in [2.75, 3.05) is 0 Å². The van der Waals surface area contributed by atoms with Gasteiger partial charge in [-0.1, -0.05) is 42.5 Å². The lowest BCUT2D eigenvalue weighted by Crippen LogP contribution is -2.23. The Balaban J connectivity index is 1.83. The van der Waals surface area contributed by atoms with Gasteiger partial charge in [0.05, 0.1) is 4.90 Å². The minimum absolute atomic E-state index is 0.0480. The number of hydrogen-bond acceptors (Lipinski definition) is 2. The molecule has 0 aliphatic carbocycles. The van der Waals surface area contributed by atoms with Crippen LogP contribution in [0.5, 0.6) is 0 Å². The maximum absolute atomic E-state index is 13.5. The summed E-state index contributed by atoms with van der Waals surface area (Å²) in [7, 11) is -3.65. The van der Waals surface area contributed by atoms with Crippen molar-refractivity contribution >= 4 is 20.8 Å². The highest BCUT2D eigenvalue weighted by molar-refractivity contribution is 7.89. The van der Waals surface area contributed by atoms with E-state index in [2.05, 4.69) is 4.72 Å². The van der Waals surface area contributed by atoms with Gasteiger partial charge in [-0.15, -0.1) is 0 Å². The molecule has 23 heavy (non-hydrogen) atoms. The summed E-state index contributed by atoms with van der Waals surface area (Å²) in [5.41, 5.74) is 1.11. The average Bonchev–Trinajstić information content (AvgIpc) is 2.55. The second-order valence-electron chi connectivity index (χ2n) is 5.42. The predicted octanol–water partition coefficient (Wildman–Crippen LogP) is 3.77. The standard InChI is InChI=1S/C18H16FNO2S/c1-13-6-7-14(10-18(13)19)12-20-23(21,22)17-9-8-15-4-2-3-5-16(15)11-17/h2-11,20H,12H2,1H3. The zero-order valence-corrected chi connectivity index (χ0v) is 13.4. The van der Waals surface area contributed by atoms with Crippen molar-refractivity contribution in [3.8, 4) is 0 Å². The maximum atomic E-state index is 13.5. The van der Waals surface area contributed by atoms with E-state index >= 15 is 0 Å². The topological polar surface area (TPSA) is 46.2 Å². The van der Waals surface area contributed by atoms with Crippen LogP contribution in [0, 0.1) is 12.7 Å². The number of hydrogen-bond donors (Lipinski definition) is 1. The second kappa shape index (κ2) is 6.10. The Kier molecular flexibility index (Phi) is 4.15. The van der Waals surface area contributed by atoms with Gasteiger partial charge in [-0.05, 0) is 47.0 Å². The van der Waals surface area contributed by atoms with Gasteiger partial charge in [0.1, 0.15) is 5.82 Å². The lowest BCUT2D eigenvalue weighted by atomic mass is 10.1. The molecule has 0 radical (unpaired) electrons. The van der Waals surface area contributed by atoms with Crippen molar-refractivity contribution in [1.82, 2.24) is 4.72 Å². The van der Waals surface area contributed by atoms with Gasteiger partial charge in [-0.25, -0.2) is 17.5 Å². The van der Waals surface area contributed by atoms with Crippen LogP contribution in [-0.4, -0.2) is 8.42 Å². The van der Waals surface area contributed by atoms with Gasteiger partial charge in [0.25, 0.3) is 0 Å². The Hall–Kier alpha value is -2.24. The molecule has 0 amide bonds. The zero-order chi connectivity index (χ0) is 16.4. The molecule has 0 aromatic heterocycles. The van der Waals surface area contributed by atoms with Crippen LogP contribution in [0.2, 0.25) is 0 Å². The number of aryl methyl sites for hydroxylation is 1. The molecule has 1 N–H and O–H groups in total. The van der Waals surface area contributed by atoms with Gasteiger partial charge < -0.3 is 0 Å². The molecule has 3 aromatic carbocycles. The van der Waals surface area contributed by atoms with E-state index in [9.17, 15) is 12.8 Å². The third-order valence-corrected chi connectivity index (χ3v) is 5.13. The molecule has 0 fully saturated rings. The highest BCUT2D eigenvalue weighted by Gasteiger charge is 2.14. The summed E-state index contributed by atoms with van der Waals surface area (Å²) in [6, 6.07) is 17.2. The summed E-state index contributed by atoms with van der Waals surface area (Å²) in [4.78, 5) is 0.198. The lowest BCUT2D eigenvalue weighted by Gasteiger charge is -2.08. The molecule has 5 heteroatoms. The summed E-state index contributed by atoms with van der Waals surface area (Å²) < 4.78 is 40.8. The normalized spacial score (nSPS) is 11.7. The Morgan fingerprint density at radius 2 is 1.70 bits per heavy atom. The van der Waals surface area contributed by atoms with Crippen LogP contribution in [0.4, 0.5) is 4.39 Å². The Morgan fingerprint density at radius 3 is 2.43 bits per heavy atom. The monoisotopic (exact) mass is 329 g/mol. The highest BCUT2D eigenvalue weighted by Crippen LogP contribution is 2.19. The first-order chi connectivity index (χ1) is 11.0. The van der Waals surface area contributed by atoms with Crippen molar-refractivity contribution in [3.63, 3.8) is 0 Å². The lowest BCUT2D eigenvalue weighted by molar-refractivity contribution is 0.580. The predicted molar refractivity (Wildman–Crippen MR) is 89.1 cm³/mol. The Bertz CT molecular complexity index is 968. The average molecular weight is 329 g/mol. The van der Waals surface area contributed by atoms with Gasteiger partial charge in [-0.2, -0.15) is 0 Å². The highest BCUT2D eigenvalue weighted by atomic mass is 32.2. The van der Waals surface area contributed by atoms with E-state index in [0.717, 1.165) is 10.8 Å². The van der Waals surface area contributed by atoms with Gasteiger partial charge in [-0.3, -0.25) is 0 Å². The van der Waals surface area contributed by atoms with E-state index in [1.165, 1.54) is 6.07 Å². The van der Waals surface area contributed by atoms with E-state index in [-0.39, 0.29) is 17.3 Å². The molecule has 0 atom stereocenters. The fourth-order valence-corrected chi connectivity index (χ4v) is 3.40. The van der Waals surface area contributed by atoms with Gasteiger partial charge in [0.2, 0.25) is 10.0 Å². The van der Waals surface area contributed by atoms with Crippen molar-refractivity contribution in [3.05, 3.63) is 77.6 Å². The summed E-state index contributed by atoms with van der Waals surface area (Å²) in [5.74, 6) is -0.340. The minimum Gasteiger partial charge on any atom is -0.207 e. The largest absolute Gasteiger partial charge is 0.240 e. The molecule has 3 aromatic rings. The minimum atomic E-state index is -3.65. The molecule has 3 rings (SSSR count). The van der Waals surface area contributed by atoms with Crippen LogP contribution in [0.25, 0.3) is 10.8 Å². The van der Waals surface area contributed by atoms with E-state index in [4.69, 9.17) is 0 Å². The van der Waals surface area contributed by atoms with Crippen LogP contribution in [0.3, 0.4) is 0 Å². The van der Waals surface area contributed by atoms with Crippen molar-refractivity contribution < 1.29 is 12.8 Å². The molecule has 118 valence electrons. The summed E-state index contributed by atoms with van der Waals surface area (Å²) in [6.07, 6.45) is 0. The molecular weight excluding hydrogens is 313 g/mol. The molecule has 0 unspecified atom stereocenters. The number of halogens is 1. The molecule has 0 aliphatic heterocycles. The fraction of sp³-hybridized carbons (Fsp3) is 0.111. The molecular formula is C18H16FNO2S.